The number of carbonyl (C=O) groups is 1. The van der Waals surface area contributed by atoms with Gasteiger partial charge in [-0.25, -0.2) is 4.98 Å². The number of rotatable bonds is 6. The van der Waals surface area contributed by atoms with Gasteiger partial charge in [0.25, 0.3) is 11.8 Å². The zero-order chi connectivity index (χ0) is 16.9. The van der Waals surface area contributed by atoms with E-state index >= 15 is 0 Å². The van der Waals surface area contributed by atoms with Gasteiger partial charge in [-0.2, -0.15) is 4.98 Å². The van der Waals surface area contributed by atoms with Crippen molar-refractivity contribution in [3.8, 4) is 17.2 Å². The minimum atomic E-state index is -0.268. The zero-order valence-corrected chi connectivity index (χ0v) is 14.0. The number of nitrogens with one attached hydrogen (secondary N) is 1. The maximum Gasteiger partial charge on any atom is 0.264 e. The van der Waals surface area contributed by atoms with Crippen LogP contribution in [0.2, 0.25) is 0 Å². The van der Waals surface area contributed by atoms with Gasteiger partial charge in [-0.15, -0.1) is 11.3 Å². The maximum atomic E-state index is 11.8. The molecule has 8 heteroatoms. The van der Waals surface area contributed by atoms with Crippen molar-refractivity contribution in [1.82, 2.24) is 15.1 Å². The molecule has 0 fully saturated rings. The van der Waals surface area contributed by atoms with E-state index in [0.29, 0.717) is 22.6 Å². The Morgan fingerprint density at radius 3 is 3.00 bits per heavy atom. The molecule has 0 saturated heterocycles. The van der Waals surface area contributed by atoms with E-state index in [4.69, 9.17) is 9.26 Å². The van der Waals surface area contributed by atoms with Gasteiger partial charge in [0, 0.05) is 23.1 Å². The summed E-state index contributed by atoms with van der Waals surface area (Å²) in [5, 5.41) is 8.93. The lowest BCUT2D eigenvalue weighted by molar-refractivity contribution is -0.118. The summed E-state index contributed by atoms with van der Waals surface area (Å²) in [6.45, 7) is 3.88. The van der Waals surface area contributed by atoms with Gasteiger partial charge in [0.2, 0.25) is 0 Å². The first-order valence-corrected chi connectivity index (χ1v) is 8.26. The Bertz CT molecular complexity index is 814. The van der Waals surface area contributed by atoms with Crippen LogP contribution >= 0.6 is 11.3 Å². The standard InChI is InChI=1S/C16H16N4O3S/c1-10(2)14-19-15(23-20-14)11-4-3-5-12(8-11)22-9-13(21)18-16-17-6-7-24-16/h3-8,10H,9H2,1-2H3,(H,17,18,21). The number of thiazole rings is 1. The monoisotopic (exact) mass is 344 g/mol. The summed E-state index contributed by atoms with van der Waals surface area (Å²) < 4.78 is 10.8. The average Bonchev–Trinajstić information content (AvgIpc) is 3.25. The first-order valence-electron chi connectivity index (χ1n) is 7.38. The van der Waals surface area contributed by atoms with E-state index in [-0.39, 0.29) is 18.4 Å². The van der Waals surface area contributed by atoms with Crippen molar-refractivity contribution >= 4 is 22.4 Å². The van der Waals surface area contributed by atoms with E-state index in [1.807, 2.05) is 26.0 Å². The third-order valence-corrected chi connectivity index (χ3v) is 3.78. The van der Waals surface area contributed by atoms with E-state index < -0.39 is 0 Å². The fourth-order valence-corrected chi connectivity index (χ4v) is 2.44. The highest BCUT2D eigenvalue weighted by Crippen LogP contribution is 2.24. The molecule has 0 saturated carbocycles. The number of aromatic nitrogens is 3. The molecule has 0 aliphatic rings. The van der Waals surface area contributed by atoms with Crippen LogP contribution in [0.15, 0.2) is 40.4 Å². The number of anilines is 1. The summed E-state index contributed by atoms with van der Waals surface area (Å²) in [6.07, 6.45) is 1.63. The highest BCUT2D eigenvalue weighted by molar-refractivity contribution is 7.13. The molecule has 0 radical (unpaired) electrons. The van der Waals surface area contributed by atoms with Crippen LogP contribution in [0.1, 0.15) is 25.6 Å². The second-order valence-corrected chi connectivity index (χ2v) is 6.21. The van der Waals surface area contributed by atoms with Gasteiger partial charge in [-0.05, 0) is 18.2 Å². The molecular formula is C16H16N4O3S. The molecule has 1 aromatic carbocycles. The lowest BCUT2D eigenvalue weighted by Gasteiger charge is -2.06. The van der Waals surface area contributed by atoms with Gasteiger partial charge in [0.1, 0.15) is 5.75 Å². The molecule has 0 bridgehead atoms. The van der Waals surface area contributed by atoms with Crippen molar-refractivity contribution in [3.05, 3.63) is 41.7 Å². The minimum Gasteiger partial charge on any atom is -0.484 e. The fraction of sp³-hybridized carbons (Fsp3) is 0.250. The largest absolute Gasteiger partial charge is 0.484 e. The Morgan fingerprint density at radius 2 is 2.29 bits per heavy atom. The molecule has 2 heterocycles. The van der Waals surface area contributed by atoms with Crippen LogP contribution in [0, 0.1) is 0 Å². The maximum absolute atomic E-state index is 11.8. The van der Waals surface area contributed by atoms with Gasteiger partial charge in [0.05, 0.1) is 0 Å². The second kappa shape index (κ2) is 7.22. The smallest absolute Gasteiger partial charge is 0.264 e. The molecule has 0 spiro atoms. The zero-order valence-electron chi connectivity index (χ0n) is 13.2. The quantitative estimate of drug-likeness (QED) is 0.737. The van der Waals surface area contributed by atoms with Crippen LogP contribution in [0.25, 0.3) is 11.5 Å². The number of benzene rings is 1. The summed E-state index contributed by atoms with van der Waals surface area (Å²) >= 11 is 1.35. The lowest BCUT2D eigenvalue weighted by Crippen LogP contribution is -2.19. The van der Waals surface area contributed by atoms with Crippen LogP contribution in [0.5, 0.6) is 5.75 Å². The topological polar surface area (TPSA) is 90.1 Å². The first-order chi connectivity index (χ1) is 11.6. The Balaban J connectivity index is 1.63. The van der Waals surface area contributed by atoms with E-state index in [2.05, 4.69) is 20.4 Å². The van der Waals surface area contributed by atoms with Gasteiger partial charge in [-0.1, -0.05) is 25.1 Å². The second-order valence-electron chi connectivity index (χ2n) is 5.31. The van der Waals surface area contributed by atoms with E-state index in [1.165, 1.54) is 11.3 Å². The van der Waals surface area contributed by atoms with E-state index in [0.717, 1.165) is 5.56 Å². The lowest BCUT2D eigenvalue weighted by atomic mass is 10.2. The molecule has 124 valence electrons. The Morgan fingerprint density at radius 1 is 1.42 bits per heavy atom. The highest BCUT2D eigenvalue weighted by atomic mass is 32.1. The van der Waals surface area contributed by atoms with Crippen molar-refractivity contribution < 1.29 is 14.1 Å². The molecule has 3 rings (SSSR count). The molecule has 24 heavy (non-hydrogen) atoms. The van der Waals surface area contributed by atoms with E-state index in [9.17, 15) is 4.79 Å². The van der Waals surface area contributed by atoms with Crippen LogP contribution in [0.4, 0.5) is 5.13 Å². The molecule has 0 unspecified atom stereocenters. The SMILES string of the molecule is CC(C)c1noc(-c2cccc(OCC(=O)Nc3nccs3)c2)n1. The van der Waals surface area contributed by atoms with Crippen molar-refractivity contribution in [2.45, 2.75) is 19.8 Å². The van der Waals surface area contributed by atoms with Gasteiger partial charge in [0.15, 0.2) is 17.6 Å². The van der Waals surface area contributed by atoms with Gasteiger partial charge < -0.3 is 9.26 Å². The molecule has 3 aromatic rings. The number of hydrogen-bond donors (Lipinski definition) is 1. The number of amides is 1. The summed E-state index contributed by atoms with van der Waals surface area (Å²) in [7, 11) is 0. The Labute approximate surface area is 142 Å². The van der Waals surface area contributed by atoms with Crippen molar-refractivity contribution in [1.29, 1.82) is 0 Å². The summed E-state index contributed by atoms with van der Waals surface area (Å²) in [5.74, 6) is 1.55. The van der Waals surface area contributed by atoms with Crippen LogP contribution in [-0.4, -0.2) is 27.6 Å². The molecule has 1 amide bonds. The highest BCUT2D eigenvalue weighted by Gasteiger charge is 2.12. The molecule has 2 aromatic heterocycles. The average molecular weight is 344 g/mol. The number of ether oxygens (including phenoxy) is 1. The molecule has 0 atom stereocenters. The Hall–Kier alpha value is -2.74. The molecule has 0 aliphatic heterocycles. The van der Waals surface area contributed by atoms with E-state index in [1.54, 1.807) is 23.7 Å². The summed E-state index contributed by atoms with van der Waals surface area (Å²) in [6, 6.07) is 7.18. The minimum absolute atomic E-state index is 0.107. The predicted molar refractivity (Wildman–Crippen MR) is 90.1 cm³/mol. The first kappa shape index (κ1) is 16.1. The van der Waals surface area contributed by atoms with Crippen LogP contribution in [0.3, 0.4) is 0 Å². The third-order valence-electron chi connectivity index (χ3n) is 3.09. The summed E-state index contributed by atoms with van der Waals surface area (Å²) in [5.41, 5.74) is 0.743. The van der Waals surface area contributed by atoms with Crippen molar-refractivity contribution in [3.63, 3.8) is 0 Å². The summed E-state index contributed by atoms with van der Waals surface area (Å²) in [4.78, 5) is 20.1. The normalized spacial score (nSPS) is 10.8. The third kappa shape index (κ3) is 3.96. The van der Waals surface area contributed by atoms with Gasteiger partial charge >= 0.3 is 0 Å². The van der Waals surface area contributed by atoms with Crippen LogP contribution < -0.4 is 10.1 Å². The van der Waals surface area contributed by atoms with Crippen molar-refractivity contribution in [2.24, 2.45) is 0 Å². The molecule has 1 N–H and O–H groups in total. The molecular weight excluding hydrogens is 328 g/mol. The fourth-order valence-electron chi connectivity index (χ4n) is 1.89. The van der Waals surface area contributed by atoms with Crippen LogP contribution in [-0.2, 0) is 4.79 Å². The van der Waals surface area contributed by atoms with Crippen molar-refractivity contribution in [2.75, 3.05) is 11.9 Å². The predicted octanol–water partition coefficient (Wildman–Crippen LogP) is 3.33. The number of carbonyl (C=O) groups excluding carboxylic acids is 1. The molecule has 7 nitrogen and oxygen atoms in total. The number of nitrogens with zero attached hydrogens (tertiary/aromatic N) is 3. The molecule has 0 aliphatic carbocycles. The van der Waals surface area contributed by atoms with Gasteiger partial charge in [-0.3, -0.25) is 10.1 Å². The number of hydrogen-bond acceptors (Lipinski definition) is 7. The Kier molecular flexibility index (Phi) is 4.85.